The largest absolute Gasteiger partial charge is 0.330 e. The van der Waals surface area contributed by atoms with E-state index in [1.165, 1.54) is 0 Å². The van der Waals surface area contributed by atoms with Crippen LogP contribution in [0.2, 0.25) is 0 Å². The van der Waals surface area contributed by atoms with Crippen molar-refractivity contribution in [2.45, 2.75) is 32.2 Å². The van der Waals surface area contributed by atoms with Gasteiger partial charge in [-0.25, -0.2) is 0 Å². The van der Waals surface area contributed by atoms with Gasteiger partial charge in [0.1, 0.15) is 5.78 Å². The first kappa shape index (κ1) is 10.3. The summed E-state index contributed by atoms with van der Waals surface area (Å²) in [5.41, 5.74) is 10.1. The maximum atomic E-state index is 11.6. The van der Waals surface area contributed by atoms with Crippen LogP contribution in [-0.4, -0.2) is 24.2 Å². The van der Waals surface area contributed by atoms with Crippen LogP contribution in [0, 0.1) is 5.41 Å². The molecular weight excluding hydrogens is 168 g/mol. The van der Waals surface area contributed by atoms with E-state index in [1.54, 1.807) is 6.92 Å². The number of hydrogen-bond acceptors (Lipinski definition) is 4. The fourth-order valence-electron chi connectivity index (χ4n) is 1.79. The number of rotatable bonds is 2. The third-order valence-electron chi connectivity index (χ3n) is 2.82. The molecule has 74 valence electrons. The Morgan fingerprint density at radius 2 is 2.15 bits per heavy atom. The Hall–Kier alpha value is -0.740. The maximum Gasteiger partial charge on any atom is 0.162 e. The predicted molar refractivity (Wildman–Crippen MR) is 49.0 cm³/mol. The van der Waals surface area contributed by atoms with E-state index in [0.717, 1.165) is 0 Å². The van der Waals surface area contributed by atoms with E-state index < -0.39 is 11.5 Å². The van der Waals surface area contributed by atoms with E-state index in [9.17, 15) is 9.59 Å². The lowest BCUT2D eigenvalue weighted by Crippen LogP contribution is -2.51. The summed E-state index contributed by atoms with van der Waals surface area (Å²) in [6.45, 7) is 2.00. The quantitative estimate of drug-likeness (QED) is 0.572. The fourth-order valence-corrected chi connectivity index (χ4v) is 1.79. The molecule has 0 aromatic heterocycles. The van der Waals surface area contributed by atoms with Crippen LogP contribution in [0.4, 0.5) is 0 Å². The number of Topliss-reactive ketones (excluding diaryl/α,β-unsaturated/α-hetero) is 2. The molecule has 4 N–H and O–H groups in total. The van der Waals surface area contributed by atoms with Gasteiger partial charge in [0, 0.05) is 6.42 Å². The third kappa shape index (κ3) is 1.64. The van der Waals surface area contributed by atoms with Crippen molar-refractivity contribution < 1.29 is 9.59 Å². The van der Waals surface area contributed by atoms with Crippen molar-refractivity contribution in [2.75, 3.05) is 6.54 Å². The average Bonchev–Trinajstić information content (AvgIpc) is 2.10. The van der Waals surface area contributed by atoms with E-state index in [1.807, 2.05) is 0 Å². The van der Waals surface area contributed by atoms with Crippen LogP contribution in [0.15, 0.2) is 0 Å². The minimum Gasteiger partial charge on any atom is -0.330 e. The summed E-state index contributed by atoms with van der Waals surface area (Å²) >= 11 is 0. The fraction of sp³-hybridized carbons (Fsp3) is 0.778. The zero-order valence-electron chi connectivity index (χ0n) is 7.88. The number of ketones is 2. The van der Waals surface area contributed by atoms with Gasteiger partial charge < -0.3 is 11.5 Å². The molecule has 0 bridgehead atoms. The molecule has 4 nitrogen and oxygen atoms in total. The van der Waals surface area contributed by atoms with E-state index in [-0.39, 0.29) is 11.6 Å². The highest BCUT2D eigenvalue weighted by Crippen LogP contribution is 2.31. The molecule has 0 spiro atoms. The molecule has 13 heavy (non-hydrogen) atoms. The van der Waals surface area contributed by atoms with Gasteiger partial charge in [0.15, 0.2) is 5.78 Å². The summed E-state index contributed by atoms with van der Waals surface area (Å²) in [5, 5.41) is 0. The summed E-state index contributed by atoms with van der Waals surface area (Å²) in [4.78, 5) is 23.2. The molecule has 2 unspecified atom stereocenters. The van der Waals surface area contributed by atoms with Crippen molar-refractivity contribution in [3.8, 4) is 0 Å². The van der Waals surface area contributed by atoms with Crippen molar-refractivity contribution >= 4 is 11.6 Å². The highest BCUT2D eigenvalue weighted by Gasteiger charge is 2.45. The van der Waals surface area contributed by atoms with Gasteiger partial charge in [0.2, 0.25) is 0 Å². The van der Waals surface area contributed by atoms with Crippen LogP contribution in [0.5, 0.6) is 0 Å². The van der Waals surface area contributed by atoms with Gasteiger partial charge in [0.05, 0.1) is 11.5 Å². The zero-order chi connectivity index (χ0) is 10.1. The van der Waals surface area contributed by atoms with Gasteiger partial charge in [-0.15, -0.1) is 0 Å². The van der Waals surface area contributed by atoms with Crippen LogP contribution in [-0.2, 0) is 9.59 Å². The summed E-state index contributed by atoms with van der Waals surface area (Å²) in [6.07, 6.45) is 1.31. The topological polar surface area (TPSA) is 86.2 Å². The third-order valence-corrected chi connectivity index (χ3v) is 2.82. The van der Waals surface area contributed by atoms with E-state index in [2.05, 4.69) is 0 Å². The van der Waals surface area contributed by atoms with Gasteiger partial charge in [-0.1, -0.05) is 0 Å². The van der Waals surface area contributed by atoms with Gasteiger partial charge in [0.25, 0.3) is 0 Å². The summed E-state index contributed by atoms with van der Waals surface area (Å²) in [5.74, 6) is -0.154. The molecule has 0 radical (unpaired) electrons. The minimum absolute atomic E-state index is 0.00958. The number of carbonyl (C=O) groups is 2. The standard InChI is InChI=1S/C9H16N2O2/c1-9(4-5-10)7(12)3-2-6(11)8(9)13/h6H,2-5,10-11H2,1H3. The Kier molecular flexibility index (Phi) is 2.83. The molecule has 0 aromatic carbocycles. The molecule has 0 aromatic rings. The first-order valence-corrected chi connectivity index (χ1v) is 4.55. The van der Waals surface area contributed by atoms with Gasteiger partial charge in [-0.05, 0) is 26.3 Å². The molecule has 0 amide bonds. The number of hydrogen-bond donors (Lipinski definition) is 2. The Bertz CT molecular complexity index is 240. The summed E-state index contributed by atoms with van der Waals surface area (Å²) < 4.78 is 0. The van der Waals surface area contributed by atoms with Gasteiger partial charge in [-0.3, -0.25) is 9.59 Å². The normalized spacial score (nSPS) is 35.2. The van der Waals surface area contributed by atoms with Crippen molar-refractivity contribution in [1.82, 2.24) is 0 Å². The Labute approximate surface area is 77.7 Å². The molecule has 0 heterocycles. The van der Waals surface area contributed by atoms with Crippen LogP contribution in [0.3, 0.4) is 0 Å². The summed E-state index contributed by atoms with van der Waals surface area (Å²) in [6, 6.07) is -0.478. The van der Waals surface area contributed by atoms with Crippen molar-refractivity contribution in [1.29, 1.82) is 0 Å². The van der Waals surface area contributed by atoms with Crippen molar-refractivity contribution in [3.63, 3.8) is 0 Å². The minimum atomic E-state index is -0.910. The van der Waals surface area contributed by atoms with Crippen LogP contribution >= 0.6 is 0 Å². The van der Waals surface area contributed by atoms with Crippen LogP contribution < -0.4 is 11.5 Å². The van der Waals surface area contributed by atoms with Crippen LogP contribution in [0.25, 0.3) is 0 Å². The number of carbonyl (C=O) groups excluding carboxylic acids is 2. The first-order chi connectivity index (χ1) is 6.02. The predicted octanol–water partition coefficient (Wildman–Crippen LogP) is -0.399. The lowest BCUT2D eigenvalue weighted by atomic mass is 9.69. The highest BCUT2D eigenvalue weighted by molar-refractivity contribution is 6.10. The molecule has 1 aliphatic carbocycles. The SMILES string of the molecule is CC1(CCN)C(=O)CCC(N)C1=O. The molecule has 0 aliphatic heterocycles. The second-order valence-corrected chi connectivity index (χ2v) is 3.80. The zero-order valence-corrected chi connectivity index (χ0v) is 7.88. The second kappa shape index (κ2) is 3.55. The van der Waals surface area contributed by atoms with Crippen molar-refractivity contribution in [3.05, 3.63) is 0 Å². The van der Waals surface area contributed by atoms with Gasteiger partial charge >= 0.3 is 0 Å². The van der Waals surface area contributed by atoms with E-state index >= 15 is 0 Å². The monoisotopic (exact) mass is 184 g/mol. The lowest BCUT2D eigenvalue weighted by Gasteiger charge is -2.33. The Morgan fingerprint density at radius 3 is 2.69 bits per heavy atom. The van der Waals surface area contributed by atoms with E-state index in [4.69, 9.17) is 11.5 Å². The lowest BCUT2D eigenvalue weighted by molar-refractivity contribution is -0.144. The second-order valence-electron chi connectivity index (χ2n) is 3.80. The first-order valence-electron chi connectivity index (χ1n) is 4.55. The molecule has 1 fully saturated rings. The smallest absolute Gasteiger partial charge is 0.162 e. The van der Waals surface area contributed by atoms with Gasteiger partial charge in [-0.2, -0.15) is 0 Å². The summed E-state index contributed by atoms with van der Waals surface area (Å²) in [7, 11) is 0. The Morgan fingerprint density at radius 1 is 1.54 bits per heavy atom. The van der Waals surface area contributed by atoms with Crippen molar-refractivity contribution in [2.24, 2.45) is 16.9 Å². The highest BCUT2D eigenvalue weighted by atomic mass is 16.2. The average molecular weight is 184 g/mol. The van der Waals surface area contributed by atoms with Crippen LogP contribution in [0.1, 0.15) is 26.2 Å². The number of nitrogens with two attached hydrogens (primary N) is 2. The van der Waals surface area contributed by atoms with E-state index in [0.29, 0.717) is 25.8 Å². The molecule has 1 saturated carbocycles. The molecule has 1 aliphatic rings. The molecule has 0 saturated heterocycles. The molecule has 4 heteroatoms. The molecule has 1 rings (SSSR count). The maximum absolute atomic E-state index is 11.6. The molecular formula is C9H16N2O2. The molecule has 2 atom stereocenters. The Balaban J connectivity index is 2.88.